The number of hydrogen-bond acceptors (Lipinski definition) is 4. The smallest absolute Gasteiger partial charge is 0.257 e. The number of imidazole rings is 1. The average molecular weight is 486 g/mol. The van der Waals surface area contributed by atoms with Crippen LogP contribution in [0.15, 0.2) is 78.9 Å². The molecular weight excluding hydrogens is 450 g/mol. The Balaban J connectivity index is 1.20. The van der Waals surface area contributed by atoms with E-state index in [1.807, 2.05) is 48.5 Å². The predicted octanol–water partition coefficient (Wildman–Crippen LogP) is 5.59. The first-order valence-corrected chi connectivity index (χ1v) is 12.8. The molecule has 0 aliphatic carbocycles. The van der Waals surface area contributed by atoms with Gasteiger partial charge in [0.1, 0.15) is 23.9 Å². The third-order valence-corrected chi connectivity index (χ3v) is 6.16. The number of fused-ring (bicyclic) bond motifs is 1. The molecule has 4 rings (SSSR count). The Morgan fingerprint density at radius 2 is 1.61 bits per heavy atom. The Labute approximate surface area is 213 Å². The van der Waals surface area contributed by atoms with Crippen molar-refractivity contribution in [1.29, 1.82) is 0 Å². The van der Waals surface area contributed by atoms with Gasteiger partial charge in [0.25, 0.3) is 5.91 Å². The summed E-state index contributed by atoms with van der Waals surface area (Å²) in [5.41, 5.74) is 3.47. The van der Waals surface area contributed by atoms with E-state index in [0.717, 1.165) is 61.3 Å². The van der Waals surface area contributed by atoms with Gasteiger partial charge in [-0.3, -0.25) is 4.79 Å². The van der Waals surface area contributed by atoms with Gasteiger partial charge in [0.2, 0.25) is 0 Å². The minimum Gasteiger partial charge on any atom is -0.492 e. The number of aromatic nitrogens is 2. The molecule has 0 radical (unpaired) electrons. The number of aryl methyl sites for hydroxylation is 2. The second kappa shape index (κ2) is 13.3. The number of rotatable bonds is 14. The minimum atomic E-state index is -0.0926. The highest BCUT2D eigenvalue weighted by molar-refractivity contribution is 5.77. The Hall–Kier alpha value is -3.80. The van der Waals surface area contributed by atoms with E-state index < -0.39 is 0 Å². The average Bonchev–Trinajstić information content (AvgIpc) is 3.27. The highest BCUT2D eigenvalue weighted by atomic mass is 16.5. The highest BCUT2D eigenvalue weighted by Crippen LogP contribution is 2.19. The summed E-state index contributed by atoms with van der Waals surface area (Å²) >= 11 is 0. The summed E-state index contributed by atoms with van der Waals surface area (Å²) in [6.07, 6.45) is 4.88. The van der Waals surface area contributed by atoms with Crippen LogP contribution in [0.3, 0.4) is 0 Å². The first-order chi connectivity index (χ1) is 17.7. The lowest BCUT2D eigenvalue weighted by Crippen LogP contribution is -2.29. The molecule has 6 heteroatoms. The molecule has 3 aromatic carbocycles. The van der Waals surface area contributed by atoms with E-state index in [2.05, 4.69) is 47.1 Å². The van der Waals surface area contributed by atoms with Crippen LogP contribution in [0.4, 0.5) is 0 Å². The van der Waals surface area contributed by atoms with E-state index >= 15 is 0 Å². The summed E-state index contributed by atoms with van der Waals surface area (Å²) in [7, 11) is 0. The van der Waals surface area contributed by atoms with Crippen LogP contribution < -0.4 is 14.8 Å². The van der Waals surface area contributed by atoms with Crippen molar-refractivity contribution < 1.29 is 14.3 Å². The zero-order valence-electron chi connectivity index (χ0n) is 21.0. The molecule has 0 aliphatic heterocycles. The van der Waals surface area contributed by atoms with Crippen LogP contribution in [0.2, 0.25) is 0 Å². The van der Waals surface area contributed by atoms with Gasteiger partial charge in [-0.05, 0) is 61.2 Å². The van der Waals surface area contributed by atoms with Crippen molar-refractivity contribution in [3.8, 4) is 11.5 Å². The maximum absolute atomic E-state index is 12.0. The standard InChI is InChI=1S/C30H35N3O3/c1-2-24-16-18-26(19-17-24)35-22-21-33-28-14-9-8-13-27(28)32-29(33)15-7-4-10-20-31-30(34)23-36-25-11-5-3-6-12-25/h3,5-6,8-9,11-14,16-19H,2,4,7,10,15,20-23H2,1H3,(H,31,34). The molecule has 0 saturated carbocycles. The molecular formula is C30H35N3O3. The van der Waals surface area contributed by atoms with Crippen LogP contribution in [0.25, 0.3) is 11.0 Å². The molecule has 1 heterocycles. The number of para-hydroxylation sites is 3. The Morgan fingerprint density at radius 3 is 2.42 bits per heavy atom. The molecule has 0 atom stereocenters. The molecule has 0 bridgehead atoms. The van der Waals surface area contributed by atoms with Crippen molar-refractivity contribution in [3.05, 3.63) is 90.3 Å². The second-order valence-electron chi connectivity index (χ2n) is 8.78. The molecule has 6 nitrogen and oxygen atoms in total. The third kappa shape index (κ3) is 7.35. The largest absolute Gasteiger partial charge is 0.492 e. The molecule has 0 unspecified atom stereocenters. The SMILES string of the molecule is CCc1ccc(OCCn2c(CCCCCNC(=O)COc3ccccc3)nc3ccccc32)cc1. The Morgan fingerprint density at radius 1 is 0.861 bits per heavy atom. The van der Waals surface area contributed by atoms with E-state index in [1.54, 1.807) is 0 Å². The van der Waals surface area contributed by atoms with Gasteiger partial charge in [0, 0.05) is 13.0 Å². The van der Waals surface area contributed by atoms with Gasteiger partial charge in [0.05, 0.1) is 17.6 Å². The number of unbranched alkanes of at least 4 members (excludes halogenated alkanes) is 2. The molecule has 1 amide bonds. The maximum Gasteiger partial charge on any atom is 0.257 e. The van der Waals surface area contributed by atoms with E-state index in [4.69, 9.17) is 14.5 Å². The predicted molar refractivity (Wildman–Crippen MR) is 144 cm³/mol. The molecule has 0 saturated heterocycles. The lowest BCUT2D eigenvalue weighted by molar-refractivity contribution is -0.123. The van der Waals surface area contributed by atoms with E-state index in [0.29, 0.717) is 18.9 Å². The summed E-state index contributed by atoms with van der Waals surface area (Å²) in [6.45, 7) is 4.19. The van der Waals surface area contributed by atoms with Gasteiger partial charge in [0.15, 0.2) is 6.61 Å². The van der Waals surface area contributed by atoms with Crippen molar-refractivity contribution in [3.63, 3.8) is 0 Å². The molecule has 1 N–H and O–H groups in total. The van der Waals surface area contributed by atoms with Crippen molar-refractivity contribution in [2.24, 2.45) is 0 Å². The lowest BCUT2D eigenvalue weighted by Gasteiger charge is -2.11. The van der Waals surface area contributed by atoms with E-state index in [9.17, 15) is 4.79 Å². The van der Waals surface area contributed by atoms with Crippen LogP contribution in [-0.2, 0) is 24.2 Å². The van der Waals surface area contributed by atoms with E-state index in [-0.39, 0.29) is 12.5 Å². The molecule has 0 fully saturated rings. The van der Waals surface area contributed by atoms with Crippen molar-refractivity contribution in [2.75, 3.05) is 19.8 Å². The Bertz CT molecular complexity index is 1220. The molecule has 4 aromatic rings. The Kier molecular flexibility index (Phi) is 9.37. The summed E-state index contributed by atoms with van der Waals surface area (Å²) < 4.78 is 13.8. The normalized spacial score (nSPS) is 10.9. The first-order valence-electron chi connectivity index (χ1n) is 12.8. The van der Waals surface area contributed by atoms with Crippen LogP contribution in [0.1, 0.15) is 37.6 Å². The number of carbonyl (C=O) groups excluding carboxylic acids is 1. The number of nitrogens with zero attached hydrogens (tertiary/aromatic N) is 2. The minimum absolute atomic E-state index is 0.0405. The maximum atomic E-state index is 12.0. The fourth-order valence-corrected chi connectivity index (χ4v) is 4.17. The molecule has 36 heavy (non-hydrogen) atoms. The van der Waals surface area contributed by atoms with Gasteiger partial charge >= 0.3 is 0 Å². The number of benzene rings is 3. The summed E-state index contributed by atoms with van der Waals surface area (Å²) in [5.74, 6) is 2.59. The number of ether oxygens (including phenoxy) is 2. The summed E-state index contributed by atoms with van der Waals surface area (Å²) in [5, 5.41) is 2.93. The second-order valence-corrected chi connectivity index (χ2v) is 8.78. The van der Waals surface area contributed by atoms with Crippen molar-refractivity contribution in [1.82, 2.24) is 14.9 Å². The number of amides is 1. The topological polar surface area (TPSA) is 65.4 Å². The third-order valence-electron chi connectivity index (χ3n) is 6.16. The van der Waals surface area contributed by atoms with Crippen LogP contribution in [0.5, 0.6) is 11.5 Å². The highest BCUT2D eigenvalue weighted by Gasteiger charge is 2.10. The molecule has 1 aromatic heterocycles. The van der Waals surface area contributed by atoms with Crippen LogP contribution in [0, 0.1) is 0 Å². The lowest BCUT2D eigenvalue weighted by atomic mass is 10.2. The quantitative estimate of drug-likeness (QED) is 0.237. The van der Waals surface area contributed by atoms with Crippen molar-refractivity contribution >= 4 is 16.9 Å². The fourth-order valence-electron chi connectivity index (χ4n) is 4.17. The monoisotopic (exact) mass is 485 g/mol. The summed E-state index contributed by atoms with van der Waals surface area (Å²) in [4.78, 5) is 16.9. The number of nitrogens with one attached hydrogen (secondary N) is 1. The van der Waals surface area contributed by atoms with Gasteiger partial charge < -0.3 is 19.4 Å². The van der Waals surface area contributed by atoms with E-state index in [1.165, 1.54) is 5.56 Å². The number of hydrogen-bond donors (Lipinski definition) is 1. The molecule has 0 aliphatic rings. The van der Waals surface area contributed by atoms with Crippen LogP contribution >= 0.6 is 0 Å². The van der Waals surface area contributed by atoms with Crippen molar-refractivity contribution in [2.45, 2.75) is 45.6 Å². The van der Waals surface area contributed by atoms with Gasteiger partial charge in [-0.1, -0.05) is 55.8 Å². The zero-order valence-corrected chi connectivity index (χ0v) is 21.0. The zero-order chi connectivity index (χ0) is 25.0. The van der Waals surface area contributed by atoms with Crippen LogP contribution in [-0.4, -0.2) is 35.2 Å². The summed E-state index contributed by atoms with van der Waals surface area (Å²) in [6, 6.07) is 26.0. The molecule has 0 spiro atoms. The van der Waals surface area contributed by atoms with Gasteiger partial charge in [-0.2, -0.15) is 0 Å². The first kappa shape index (κ1) is 25.3. The number of carbonyl (C=O) groups is 1. The fraction of sp³-hybridized carbons (Fsp3) is 0.333. The van der Waals surface area contributed by atoms with Gasteiger partial charge in [-0.25, -0.2) is 4.98 Å². The van der Waals surface area contributed by atoms with Gasteiger partial charge in [-0.15, -0.1) is 0 Å². The molecule has 188 valence electrons.